The van der Waals surface area contributed by atoms with Crippen molar-refractivity contribution < 1.29 is 0 Å². The minimum Gasteiger partial charge on any atom is -0.326 e. The molecule has 0 saturated carbocycles. The van der Waals surface area contributed by atoms with Crippen molar-refractivity contribution in [3.8, 4) is 5.69 Å². The van der Waals surface area contributed by atoms with Crippen molar-refractivity contribution >= 4 is 47.4 Å². The van der Waals surface area contributed by atoms with E-state index in [2.05, 4.69) is 4.98 Å². The van der Waals surface area contributed by atoms with Gasteiger partial charge in [0, 0.05) is 17.3 Å². The normalized spacial score (nSPS) is 9.90. The number of imidazole rings is 1. The number of rotatable bonds is 2. The Kier molecular flexibility index (Phi) is 5.84. The fourth-order valence-corrected chi connectivity index (χ4v) is 2.27. The molecule has 0 bridgehead atoms. The van der Waals surface area contributed by atoms with Crippen LogP contribution in [-0.2, 0) is 6.54 Å². The molecule has 2 aromatic carbocycles. The van der Waals surface area contributed by atoms with Crippen LogP contribution in [0.25, 0.3) is 16.7 Å². The predicted octanol–water partition coefficient (Wildman–Crippen LogP) is 3.98. The predicted molar refractivity (Wildman–Crippen MR) is 88.5 cm³/mol. The summed E-state index contributed by atoms with van der Waals surface area (Å²) in [5.41, 5.74) is 9.58. The second kappa shape index (κ2) is 6.95. The van der Waals surface area contributed by atoms with Gasteiger partial charge >= 0.3 is 0 Å². The minimum absolute atomic E-state index is 0. The van der Waals surface area contributed by atoms with Gasteiger partial charge < -0.3 is 5.73 Å². The quantitative estimate of drug-likeness (QED) is 0.772. The van der Waals surface area contributed by atoms with E-state index in [0.29, 0.717) is 11.6 Å². The SMILES string of the molecule is Cl.Cl.NCc1ccc(-n2cnc3ccccc32)cc1Cl. The number of nitrogens with two attached hydrogens (primary N) is 1. The fourth-order valence-electron chi connectivity index (χ4n) is 2.02. The van der Waals surface area contributed by atoms with Crippen LogP contribution in [0.15, 0.2) is 48.8 Å². The van der Waals surface area contributed by atoms with Gasteiger partial charge in [0.15, 0.2) is 0 Å². The highest BCUT2D eigenvalue weighted by atomic mass is 35.5. The number of hydrogen-bond donors (Lipinski definition) is 1. The number of aromatic nitrogens is 2. The molecule has 0 fully saturated rings. The molecule has 1 heterocycles. The van der Waals surface area contributed by atoms with E-state index in [9.17, 15) is 0 Å². The van der Waals surface area contributed by atoms with E-state index in [1.54, 1.807) is 6.33 Å². The number of fused-ring (bicyclic) bond motifs is 1. The average molecular weight is 331 g/mol. The number of benzene rings is 2. The van der Waals surface area contributed by atoms with Crippen LogP contribution in [0.1, 0.15) is 5.56 Å². The maximum absolute atomic E-state index is 6.18. The summed E-state index contributed by atoms with van der Waals surface area (Å²) in [5, 5.41) is 0.688. The summed E-state index contributed by atoms with van der Waals surface area (Å²) in [4.78, 5) is 4.36. The van der Waals surface area contributed by atoms with Gasteiger partial charge in [-0.05, 0) is 29.8 Å². The molecule has 0 aliphatic carbocycles. The van der Waals surface area contributed by atoms with Gasteiger partial charge in [0.2, 0.25) is 0 Å². The van der Waals surface area contributed by atoms with Gasteiger partial charge in [-0.3, -0.25) is 4.57 Å². The van der Waals surface area contributed by atoms with Gasteiger partial charge in [-0.15, -0.1) is 24.8 Å². The standard InChI is InChI=1S/C14H12ClN3.2ClH/c15-12-7-11(6-5-10(12)8-16)18-9-17-13-3-1-2-4-14(13)18;;/h1-7,9H,8,16H2;2*1H. The third-order valence-electron chi connectivity index (χ3n) is 2.99. The molecule has 0 amide bonds. The number of nitrogens with zero attached hydrogens (tertiary/aromatic N) is 2. The molecule has 6 heteroatoms. The molecule has 2 N–H and O–H groups in total. The molecule has 0 saturated heterocycles. The van der Waals surface area contributed by atoms with E-state index in [0.717, 1.165) is 22.3 Å². The van der Waals surface area contributed by atoms with Crippen molar-refractivity contribution in [3.63, 3.8) is 0 Å². The molecule has 0 aliphatic rings. The lowest BCUT2D eigenvalue weighted by Gasteiger charge is -2.07. The van der Waals surface area contributed by atoms with Crippen LogP contribution in [0, 0.1) is 0 Å². The summed E-state index contributed by atoms with van der Waals surface area (Å²) in [7, 11) is 0. The van der Waals surface area contributed by atoms with Crippen LogP contribution in [0.3, 0.4) is 0 Å². The maximum Gasteiger partial charge on any atom is 0.100 e. The summed E-state index contributed by atoms with van der Waals surface area (Å²) in [5.74, 6) is 0. The Balaban J connectivity index is 0.000001000. The molecule has 1 aromatic heterocycles. The molecule has 0 atom stereocenters. The lowest BCUT2D eigenvalue weighted by Crippen LogP contribution is -1.99. The zero-order chi connectivity index (χ0) is 12.5. The number of hydrogen-bond acceptors (Lipinski definition) is 2. The summed E-state index contributed by atoms with van der Waals surface area (Å²) in [6.45, 7) is 0.448. The second-order valence-corrected chi connectivity index (χ2v) is 4.49. The highest BCUT2D eigenvalue weighted by Crippen LogP contribution is 2.23. The van der Waals surface area contributed by atoms with E-state index in [-0.39, 0.29) is 24.8 Å². The van der Waals surface area contributed by atoms with Crippen LogP contribution >= 0.6 is 36.4 Å². The monoisotopic (exact) mass is 329 g/mol. The highest BCUT2D eigenvalue weighted by molar-refractivity contribution is 6.31. The zero-order valence-corrected chi connectivity index (χ0v) is 12.9. The Morgan fingerprint density at radius 1 is 1.10 bits per heavy atom. The molecule has 3 rings (SSSR count). The molecule has 20 heavy (non-hydrogen) atoms. The molecular formula is C14H14Cl3N3. The van der Waals surface area contributed by atoms with Crippen molar-refractivity contribution in [2.75, 3.05) is 0 Å². The fraction of sp³-hybridized carbons (Fsp3) is 0.0714. The minimum atomic E-state index is 0. The summed E-state index contributed by atoms with van der Waals surface area (Å²) >= 11 is 6.18. The topological polar surface area (TPSA) is 43.8 Å². The molecule has 0 aliphatic heterocycles. The molecule has 3 aromatic rings. The van der Waals surface area contributed by atoms with Crippen LogP contribution in [0.2, 0.25) is 5.02 Å². The van der Waals surface area contributed by atoms with Gasteiger partial charge in [0.1, 0.15) is 6.33 Å². The van der Waals surface area contributed by atoms with Gasteiger partial charge in [-0.2, -0.15) is 0 Å². The van der Waals surface area contributed by atoms with Gasteiger partial charge in [-0.25, -0.2) is 4.98 Å². The Morgan fingerprint density at radius 2 is 1.85 bits per heavy atom. The van der Waals surface area contributed by atoms with Gasteiger partial charge in [0.05, 0.1) is 11.0 Å². The zero-order valence-electron chi connectivity index (χ0n) is 10.5. The smallest absolute Gasteiger partial charge is 0.100 e. The van der Waals surface area contributed by atoms with E-state index < -0.39 is 0 Å². The van der Waals surface area contributed by atoms with E-state index in [1.807, 2.05) is 47.0 Å². The average Bonchev–Trinajstić information content (AvgIpc) is 2.82. The summed E-state index contributed by atoms with van der Waals surface area (Å²) in [6.07, 6.45) is 1.80. The lowest BCUT2D eigenvalue weighted by atomic mass is 10.2. The van der Waals surface area contributed by atoms with Gasteiger partial charge in [-0.1, -0.05) is 29.8 Å². The second-order valence-electron chi connectivity index (χ2n) is 4.08. The number of halogens is 3. The van der Waals surface area contributed by atoms with Crippen molar-refractivity contribution in [3.05, 3.63) is 59.4 Å². The summed E-state index contributed by atoms with van der Waals surface area (Å²) < 4.78 is 2.02. The van der Waals surface area contributed by atoms with Crippen molar-refractivity contribution in [2.45, 2.75) is 6.54 Å². The van der Waals surface area contributed by atoms with Crippen LogP contribution in [0.4, 0.5) is 0 Å². The van der Waals surface area contributed by atoms with Crippen LogP contribution in [-0.4, -0.2) is 9.55 Å². The van der Waals surface area contributed by atoms with Crippen LogP contribution < -0.4 is 5.73 Å². The first kappa shape index (κ1) is 16.8. The molecule has 3 nitrogen and oxygen atoms in total. The van der Waals surface area contributed by atoms with Crippen molar-refractivity contribution in [1.82, 2.24) is 9.55 Å². The highest BCUT2D eigenvalue weighted by Gasteiger charge is 2.06. The Hall–Kier alpha value is -1.26. The van der Waals surface area contributed by atoms with E-state index in [1.165, 1.54) is 0 Å². The molecule has 0 radical (unpaired) electrons. The lowest BCUT2D eigenvalue weighted by molar-refractivity contribution is 1.05. The van der Waals surface area contributed by atoms with Gasteiger partial charge in [0.25, 0.3) is 0 Å². The van der Waals surface area contributed by atoms with Crippen molar-refractivity contribution in [2.24, 2.45) is 5.73 Å². The first-order valence-corrected chi connectivity index (χ1v) is 6.08. The molecule has 0 spiro atoms. The van der Waals surface area contributed by atoms with E-state index >= 15 is 0 Å². The van der Waals surface area contributed by atoms with Crippen molar-refractivity contribution in [1.29, 1.82) is 0 Å². The third-order valence-corrected chi connectivity index (χ3v) is 3.34. The first-order valence-electron chi connectivity index (χ1n) is 5.70. The maximum atomic E-state index is 6.18. The molecular weight excluding hydrogens is 317 g/mol. The van der Waals surface area contributed by atoms with Crippen LogP contribution in [0.5, 0.6) is 0 Å². The Labute approximate surface area is 134 Å². The third kappa shape index (κ3) is 2.91. The summed E-state index contributed by atoms with van der Waals surface area (Å²) in [6, 6.07) is 13.9. The first-order chi connectivity index (χ1) is 8.79. The largest absolute Gasteiger partial charge is 0.326 e. The molecule has 106 valence electrons. The number of para-hydroxylation sites is 2. The van der Waals surface area contributed by atoms with E-state index in [4.69, 9.17) is 17.3 Å². The molecule has 0 unspecified atom stereocenters. The Morgan fingerprint density at radius 3 is 2.55 bits per heavy atom. The Bertz CT molecular complexity index is 710.